The molecule has 1 aliphatic rings. The third-order valence-electron chi connectivity index (χ3n) is 2.40. The van der Waals surface area contributed by atoms with Crippen LogP contribution in [0.5, 0.6) is 5.75 Å². The summed E-state index contributed by atoms with van der Waals surface area (Å²) in [4.78, 5) is 0. The summed E-state index contributed by atoms with van der Waals surface area (Å²) in [6.45, 7) is 0. The number of aliphatic hydroxyl groups is 1. The van der Waals surface area contributed by atoms with Gasteiger partial charge in [0.1, 0.15) is 5.75 Å². The fourth-order valence-corrected chi connectivity index (χ4v) is 1.69. The molecule has 0 radical (unpaired) electrons. The van der Waals surface area contributed by atoms with E-state index in [1.54, 1.807) is 7.11 Å². The van der Waals surface area contributed by atoms with Crippen molar-refractivity contribution in [3.05, 3.63) is 29.3 Å². The van der Waals surface area contributed by atoms with Crippen LogP contribution in [0, 0.1) is 0 Å². The summed E-state index contributed by atoms with van der Waals surface area (Å²) in [6, 6.07) is 5.90. The van der Waals surface area contributed by atoms with Crippen LogP contribution in [0.3, 0.4) is 0 Å². The molecular formula is C10H12O2. The van der Waals surface area contributed by atoms with Gasteiger partial charge in [0.05, 0.1) is 13.2 Å². The molecule has 1 N–H and O–H groups in total. The number of rotatable bonds is 1. The van der Waals surface area contributed by atoms with Crippen molar-refractivity contribution >= 4 is 0 Å². The molecule has 1 aromatic carbocycles. The summed E-state index contributed by atoms with van der Waals surface area (Å²) in [5.74, 6) is 0.828. The van der Waals surface area contributed by atoms with Gasteiger partial charge in [0, 0.05) is 0 Å². The van der Waals surface area contributed by atoms with Gasteiger partial charge in [-0.3, -0.25) is 0 Å². The van der Waals surface area contributed by atoms with Crippen molar-refractivity contribution in [3.8, 4) is 5.75 Å². The summed E-state index contributed by atoms with van der Waals surface area (Å²) in [5.41, 5.74) is 2.29. The lowest BCUT2D eigenvalue weighted by Gasteiger charge is -2.05. The van der Waals surface area contributed by atoms with E-state index in [0.29, 0.717) is 0 Å². The van der Waals surface area contributed by atoms with Crippen molar-refractivity contribution in [2.45, 2.75) is 18.9 Å². The normalized spacial score (nSPS) is 20.7. The average molecular weight is 164 g/mol. The summed E-state index contributed by atoms with van der Waals surface area (Å²) in [7, 11) is 1.64. The Hall–Kier alpha value is -1.02. The van der Waals surface area contributed by atoms with Gasteiger partial charge in [-0.2, -0.15) is 0 Å². The van der Waals surface area contributed by atoms with E-state index in [4.69, 9.17) is 4.74 Å². The monoisotopic (exact) mass is 164 g/mol. The third kappa shape index (κ3) is 1.08. The summed E-state index contributed by atoms with van der Waals surface area (Å²) < 4.78 is 5.08. The van der Waals surface area contributed by atoms with E-state index >= 15 is 0 Å². The highest BCUT2D eigenvalue weighted by Gasteiger charge is 2.19. The average Bonchev–Trinajstić information content (AvgIpc) is 2.47. The first kappa shape index (κ1) is 7.62. The van der Waals surface area contributed by atoms with Crippen LogP contribution >= 0.6 is 0 Å². The van der Waals surface area contributed by atoms with Gasteiger partial charge in [0.25, 0.3) is 0 Å². The molecule has 0 spiro atoms. The van der Waals surface area contributed by atoms with Gasteiger partial charge in [-0.05, 0) is 36.1 Å². The smallest absolute Gasteiger partial charge is 0.119 e. The number of aryl methyl sites for hydroxylation is 1. The molecule has 0 saturated carbocycles. The minimum atomic E-state index is -0.282. The molecule has 12 heavy (non-hydrogen) atoms. The molecule has 0 bridgehead atoms. The number of ether oxygens (including phenoxy) is 1. The lowest BCUT2D eigenvalue weighted by Crippen LogP contribution is -1.91. The maximum absolute atomic E-state index is 9.55. The van der Waals surface area contributed by atoms with E-state index in [1.165, 1.54) is 5.56 Å². The molecule has 2 rings (SSSR count). The second kappa shape index (κ2) is 2.79. The minimum absolute atomic E-state index is 0.282. The fourth-order valence-electron chi connectivity index (χ4n) is 1.69. The van der Waals surface area contributed by atoms with Crippen LogP contribution in [0.2, 0.25) is 0 Å². The number of fused-ring (bicyclic) bond motifs is 1. The molecule has 2 heteroatoms. The van der Waals surface area contributed by atoms with Gasteiger partial charge in [0.15, 0.2) is 0 Å². The predicted molar refractivity (Wildman–Crippen MR) is 46.3 cm³/mol. The topological polar surface area (TPSA) is 29.5 Å². The highest BCUT2D eigenvalue weighted by atomic mass is 16.5. The second-order valence-electron chi connectivity index (χ2n) is 3.12. The maximum Gasteiger partial charge on any atom is 0.119 e. The maximum atomic E-state index is 9.55. The molecular weight excluding hydrogens is 152 g/mol. The zero-order chi connectivity index (χ0) is 8.55. The lowest BCUT2D eigenvalue weighted by atomic mass is 10.1. The summed E-state index contributed by atoms with van der Waals surface area (Å²) in [6.07, 6.45) is 1.55. The molecule has 1 aliphatic carbocycles. The quantitative estimate of drug-likeness (QED) is 0.684. The van der Waals surface area contributed by atoms with E-state index in [-0.39, 0.29) is 6.10 Å². The van der Waals surface area contributed by atoms with E-state index in [9.17, 15) is 5.11 Å². The van der Waals surface area contributed by atoms with E-state index < -0.39 is 0 Å². The molecule has 1 atom stereocenters. The molecule has 0 aromatic heterocycles. The van der Waals surface area contributed by atoms with E-state index in [2.05, 4.69) is 0 Å². The van der Waals surface area contributed by atoms with Gasteiger partial charge in [-0.25, -0.2) is 0 Å². The van der Waals surface area contributed by atoms with Crippen LogP contribution in [-0.4, -0.2) is 12.2 Å². The highest BCUT2D eigenvalue weighted by molar-refractivity contribution is 5.39. The first-order valence-corrected chi connectivity index (χ1v) is 4.16. The Balaban J connectivity index is 2.43. The molecule has 2 nitrogen and oxygen atoms in total. The SMILES string of the molecule is COc1ccc2c(c1)[C@@H](O)CC2. The standard InChI is InChI=1S/C10H12O2/c1-12-8-4-2-7-3-5-10(11)9(7)6-8/h2,4,6,10-11H,3,5H2,1H3/t10-/m0/s1. The molecule has 0 unspecified atom stereocenters. The summed E-state index contributed by atoms with van der Waals surface area (Å²) >= 11 is 0. The van der Waals surface area contributed by atoms with Crippen molar-refractivity contribution < 1.29 is 9.84 Å². The van der Waals surface area contributed by atoms with Crippen LogP contribution < -0.4 is 4.74 Å². The Bertz CT molecular complexity index is 294. The molecule has 64 valence electrons. The molecule has 0 fully saturated rings. The van der Waals surface area contributed by atoms with Gasteiger partial charge in [0.2, 0.25) is 0 Å². The Morgan fingerprint density at radius 3 is 3.08 bits per heavy atom. The zero-order valence-electron chi connectivity index (χ0n) is 7.08. The predicted octanol–water partition coefficient (Wildman–Crippen LogP) is 1.67. The van der Waals surface area contributed by atoms with Crippen molar-refractivity contribution in [1.82, 2.24) is 0 Å². The van der Waals surface area contributed by atoms with Crippen LogP contribution in [0.1, 0.15) is 23.7 Å². The van der Waals surface area contributed by atoms with E-state index in [1.807, 2.05) is 18.2 Å². The number of methoxy groups -OCH3 is 1. The third-order valence-corrected chi connectivity index (χ3v) is 2.40. The molecule has 0 heterocycles. The first-order chi connectivity index (χ1) is 5.81. The lowest BCUT2D eigenvalue weighted by molar-refractivity contribution is 0.179. The highest BCUT2D eigenvalue weighted by Crippen LogP contribution is 2.33. The fraction of sp³-hybridized carbons (Fsp3) is 0.400. The molecule has 0 amide bonds. The van der Waals surface area contributed by atoms with Crippen molar-refractivity contribution in [1.29, 1.82) is 0 Å². The molecule has 0 saturated heterocycles. The number of benzene rings is 1. The zero-order valence-corrected chi connectivity index (χ0v) is 7.08. The van der Waals surface area contributed by atoms with Crippen LogP contribution in [-0.2, 0) is 6.42 Å². The number of hydrogen-bond acceptors (Lipinski definition) is 2. The number of hydrogen-bond donors (Lipinski definition) is 1. The van der Waals surface area contributed by atoms with Crippen LogP contribution in [0.25, 0.3) is 0 Å². The van der Waals surface area contributed by atoms with Crippen molar-refractivity contribution in [3.63, 3.8) is 0 Å². The Kier molecular flexibility index (Phi) is 1.77. The van der Waals surface area contributed by atoms with Crippen molar-refractivity contribution in [2.75, 3.05) is 7.11 Å². The largest absolute Gasteiger partial charge is 0.497 e. The van der Waals surface area contributed by atoms with Gasteiger partial charge < -0.3 is 9.84 Å². The Morgan fingerprint density at radius 2 is 2.33 bits per heavy atom. The first-order valence-electron chi connectivity index (χ1n) is 4.16. The van der Waals surface area contributed by atoms with Gasteiger partial charge in [-0.15, -0.1) is 0 Å². The van der Waals surface area contributed by atoms with Gasteiger partial charge in [-0.1, -0.05) is 6.07 Å². The Morgan fingerprint density at radius 1 is 1.50 bits per heavy atom. The van der Waals surface area contributed by atoms with Crippen LogP contribution in [0.4, 0.5) is 0 Å². The van der Waals surface area contributed by atoms with Gasteiger partial charge >= 0.3 is 0 Å². The molecule has 0 aliphatic heterocycles. The molecule has 1 aromatic rings. The number of aliphatic hydroxyl groups excluding tert-OH is 1. The van der Waals surface area contributed by atoms with Crippen molar-refractivity contribution in [2.24, 2.45) is 0 Å². The van der Waals surface area contributed by atoms with E-state index in [0.717, 1.165) is 24.2 Å². The minimum Gasteiger partial charge on any atom is -0.497 e. The summed E-state index contributed by atoms with van der Waals surface area (Å²) in [5, 5.41) is 9.55. The Labute approximate surface area is 71.8 Å². The van der Waals surface area contributed by atoms with Crippen LogP contribution in [0.15, 0.2) is 18.2 Å². The second-order valence-corrected chi connectivity index (χ2v) is 3.12.